The van der Waals surface area contributed by atoms with Gasteiger partial charge in [0.2, 0.25) is 11.8 Å². The van der Waals surface area contributed by atoms with Crippen molar-refractivity contribution in [2.45, 2.75) is 43.7 Å². The highest BCUT2D eigenvalue weighted by Crippen LogP contribution is 2.42. The van der Waals surface area contributed by atoms with Gasteiger partial charge in [-0.15, -0.1) is 4.28 Å². The van der Waals surface area contributed by atoms with E-state index in [1.165, 1.54) is 0 Å². The number of alkyl halides is 2. The lowest BCUT2D eigenvalue weighted by atomic mass is 9.81. The molecular weight excluding hydrogens is 382 g/mol. The summed E-state index contributed by atoms with van der Waals surface area (Å²) in [4.78, 5) is 37.1. The average Bonchev–Trinajstić information content (AvgIpc) is 2.73. The van der Waals surface area contributed by atoms with E-state index >= 15 is 0 Å². The van der Waals surface area contributed by atoms with Gasteiger partial charge in [-0.25, -0.2) is 13.6 Å². The van der Waals surface area contributed by atoms with E-state index in [0.717, 1.165) is 4.90 Å². The Balaban J connectivity index is 1.55. The molecule has 0 radical (unpaired) electrons. The van der Waals surface area contributed by atoms with Gasteiger partial charge in [0.1, 0.15) is 6.04 Å². The zero-order chi connectivity index (χ0) is 19.3. The summed E-state index contributed by atoms with van der Waals surface area (Å²) in [5, 5.41) is 0.484. The van der Waals surface area contributed by atoms with E-state index < -0.39 is 65.0 Å². The Bertz CT molecular complexity index is 738. The van der Waals surface area contributed by atoms with Crippen LogP contribution < -0.4 is 10.9 Å². The lowest BCUT2D eigenvalue weighted by Crippen LogP contribution is -2.56. The van der Waals surface area contributed by atoms with Gasteiger partial charge in [-0.2, -0.15) is 13.5 Å². The highest BCUT2D eigenvalue weighted by Gasteiger charge is 2.50. The van der Waals surface area contributed by atoms with Crippen LogP contribution in [0.15, 0.2) is 0 Å². The van der Waals surface area contributed by atoms with E-state index in [1.54, 1.807) is 0 Å². The molecule has 11 nitrogen and oxygen atoms in total. The van der Waals surface area contributed by atoms with Crippen molar-refractivity contribution in [1.82, 2.24) is 20.8 Å². The summed E-state index contributed by atoms with van der Waals surface area (Å²) >= 11 is 0. The van der Waals surface area contributed by atoms with Crippen LogP contribution in [0.5, 0.6) is 0 Å². The molecule has 4 amide bonds. The second-order valence-corrected chi connectivity index (χ2v) is 7.45. The number of carbonyl (C=O) groups excluding carboxylic acids is 3. The molecule has 1 unspecified atom stereocenters. The predicted octanol–water partition coefficient (Wildman–Crippen LogP) is -0.818. The normalized spacial score (nSPS) is 27.9. The molecule has 3 aliphatic rings. The number of rotatable bonds is 4. The van der Waals surface area contributed by atoms with Crippen LogP contribution in [0.4, 0.5) is 13.6 Å². The summed E-state index contributed by atoms with van der Waals surface area (Å²) < 4.78 is 60.0. The van der Waals surface area contributed by atoms with Crippen LogP contribution in [-0.4, -0.2) is 65.3 Å². The van der Waals surface area contributed by atoms with Gasteiger partial charge in [-0.3, -0.25) is 25.0 Å². The number of hydroxylamine groups is 2. The highest BCUT2D eigenvalue weighted by atomic mass is 32.3. The van der Waals surface area contributed by atoms with E-state index in [9.17, 15) is 31.6 Å². The second-order valence-electron chi connectivity index (χ2n) is 6.45. The maximum absolute atomic E-state index is 12.7. The van der Waals surface area contributed by atoms with Crippen molar-refractivity contribution in [3.63, 3.8) is 0 Å². The molecule has 0 aromatic heterocycles. The first-order valence-corrected chi connectivity index (χ1v) is 9.08. The topological polar surface area (TPSA) is 145 Å². The number of piperidine rings is 1. The number of carbonyl (C=O) groups is 3. The molecule has 2 atom stereocenters. The van der Waals surface area contributed by atoms with Crippen molar-refractivity contribution in [3.05, 3.63) is 0 Å². The van der Waals surface area contributed by atoms with Crippen molar-refractivity contribution in [2.24, 2.45) is 5.92 Å². The van der Waals surface area contributed by atoms with Crippen molar-refractivity contribution in [3.8, 4) is 0 Å². The summed E-state index contributed by atoms with van der Waals surface area (Å²) in [5.74, 6) is -5.26. The first-order valence-electron chi connectivity index (χ1n) is 7.71. The number of urea groups is 1. The number of hydrogen-bond acceptors (Lipinski definition) is 6. The van der Waals surface area contributed by atoms with E-state index in [4.69, 9.17) is 4.55 Å². The molecule has 0 aromatic rings. The molecule has 2 heterocycles. The number of hydrazine groups is 1. The standard InChI is InChI=1S/C12H16F2N4O7S/c13-12(14)3-6(4-12)9(19)15-16-10(20)8-2-1-7-5-17(8)11(21)18(7)25-26(22,23)24/h6-8H,1-5H2,(H,15,19)(H,16,20)(H,22,23,24)/t7?,8-/m0/s1. The van der Waals surface area contributed by atoms with Gasteiger partial charge in [0.25, 0.3) is 5.91 Å². The quantitative estimate of drug-likeness (QED) is 0.414. The Morgan fingerprint density at radius 2 is 1.81 bits per heavy atom. The van der Waals surface area contributed by atoms with Crippen LogP contribution in [-0.2, 0) is 24.3 Å². The van der Waals surface area contributed by atoms with E-state index in [0.29, 0.717) is 5.06 Å². The van der Waals surface area contributed by atoms with Gasteiger partial charge in [0.05, 0.1) is 12.0 Å². The van der Waals surface area contributed by atoms with Gasteiger partial charge in [-0.05, 0) is 12.8 Å². The van der Waals surface area contributed by atoms with Crippen LogP contribution >= 0.6 is 0 Å². The first kappa shape index (κ1) is 18.7. The van der Waals surface area contributed by atoms with Crippen molar-refractivity contribution >= 4 is 28.2 Å². The maximum Gasteiger partial charge on any atom is 0.418 e. The van der Waals surface area contributed by atoms with Gasteiger partial charge in [0, 0.05) is 19.4 Å². The highest BCUT2D eigenvalue weighted by molar-refractivity contribution is 7.80. The molecule has 3 N–H and O–H groups in total. The van der Waals surface area contributed by atoms with Crippen LogP contribution in [0.25, 0.3) is 0 Å². The smallest absolute Gasteiger partial charge is 0.309 e. The zero-order valence-corrected chi connectivity index (χ0v) is 14.0. The lowest BCUT2D eigenvalue weighted by molar-refractivity contribution is -0.152. The third kappa shape index (κ3) is 3.71. The molecule has 26 heavy (non-hydrogen) atoms. The third-order valence-corrected chi connectivity index (χ3v) is 4.92. The number of halogens is 2. The number of amides is 4. The summed E-state index contributed by atoms with van der Waals surface area (Å²) in [7, 11) is -4.89. The minimum atomic E-state index is -4.89. The second kappa shape index (κ2) is 6.28. The van der Waals surface area contributed by atoms with Crippen LogP contribution in [0, 0.1) is 5.92 Å². The van der Waals surface area contributed by atoms with Crippen LogP contribution in [0.2, 0.25) is 0 Å². The average molecular weight is 398 g/mol. The molecule has 2 bridgehead atoms. The maximum atomic E-state index is 12.7. The Morgan fingerprint density at radius 3 is 2.38 bits per heavy atom. The van der Waals surface area contributed by atoms with E-state index in [1.807, 2.05) is 0 Å². The van der Waals surface area contributed by atoms with E-state index in [-0.39, 0.29) is 19.4 Å². The van der Waals surface area contributed by atoms with Gasteiger partial charge in [0.15, 0.2) is 0 Å². The largest absolute Gasteiger partial charge is 0.418 e. The number of nitrogens with zero attached hydrogens (tertiary/aromatic N) is 2. The summed E-state index contributed by atoms with van der Waals surface area (Å²) in [6.45, 7) is -0.00473. The van der Waals surface area contributed by atoms with Crippen LogP contribution in [0.3, 0.4) is 0 Å². The fourth-order valence-electron chi connectivity index (χ4n) is 3.26. The summed E-state index contributed by atoms with van der Waals surface area (Å²) in [5.41, 5.74) is 4.14. The minimum absolute atomic E-state index is 0.00473. The molecule has 2 saturated heterocycles. The third-order valence-electron chi connectivity index (χ3n) is 4.57. The zero-order valence-electron chi connectivity index (χ0n) is 13.2. The number of nitrogens with one attached hydrogen (secondary N) is 2. The Hall–Kier alpha value is -2.06. The van der Waals surface area contributed by atoms with Gasteiger partial charge >= 0.3 is 16.4 Å². The number of hydrogen-bond donors (Lipinski definition) is 3. The summed E-state index contributed by atoms with van der Waals surface area (Å²) in [6.07, 6.45) is -0.803. The first-order chi connectivity index (χ1) is 12.0. The van der Waals surface area contributed by atoms with Crippen molar-refractivity contribution < 1.29 is 40.4 Å². The molecule has 3 rings (SSSR count). The Kier molecular flexibility index (Phi) is 4.52. The Morgan fingerprint density at radius 1 is 1.19 bits per heavy atom. The predicted molar refractivity (Wildman–Crippen MR) is 77.3 cm³/mol. The molecular formula is C12H16F2N4O7S. The molecule has 0 spiro atoms. The van der Waals surface area contributed by atoms with Gasteiger partial charge in [-0.1, -0.05) is 0 Å². The fraction of sp³-hybridized carbons (Fsp3) is 0.750. The molecule has 2 aliphatic heterocycles. The minimum Gasteiger partial charge on any atom is -0.309 e. The number of fused-ring (bicyclic) bond motifs is 2. The molecule has 0 aromatic carbocycles. The van der Waals surface area contributed by atoms with Crippen molar-refractivity contribution in [2.75, 3.05) is 6.54 Å². The monoisotopic (exact) mass is 398 g/mol. The Labute approximate surface area is 146 Å². The SMILES string of the molecule is O=C(NNC(=O)[C@@H]1CCC2CN1C(=O)N2OS(=O)(=O)O)C1CC(F)(F)C1. The molecule has 146 valence electrons. The molecule has 1 saturated carbocycles. The molecule has 3 fully saturated rings. The van der Waals surface area contributed by atoms with Gasteiger partial charge < -0.3 is 4.90 Å². The summed E-state index contributed by atoms with van der Waals surface area (Å²) in [6, 6.07) is -2.58. The molecule has 1 aliphatic carbocycles. The van der Waals surface area contributed by atoms with Crippen LogP contribution in [0.1, 0.15) is 25.7 Å². The lowest BCUT2D eigenvalue weighted by Gasteiger charge is -2.34. The van der Waals surface area contributed by atoms with Crippen molar-refractivity contribution in [1.29, 1.82) is 0 Å². The molecule has 14 heteroatoms. The van der Waals surface area contributed by atoms with E-state index in [2.05, 4.69) is 15.1 Å². The fourth-order valence-corrected chi connectivity index (χ4v) is 3.65.